The van der Waals surface area contributed by atoms with E-state index < -0.39 is 6.67 Å². The molecule has 6 heteroatoms. The maximum atomic E-state index is 12.6. The number of ether oxygens (including phenoxy) is 1. The number of primary amides is 1. The van der Waals surface area contributed by atoms with Gasteiger partial charge in [0.25, 0.3) is 0 Å². The van der Waals surface area contributed by atoms with Gasteiger partial charge in [-0.05, 0) is 41.5 Å². The Morgan fingerprint density at radius 2 is 2.00 bits per heavy atom. The van der Waals surface area contributed by atoms with E-state index in [1.165, 1.54) is 0 Å². The van der Waals surface area contributed by atoms with Crippen molar-refractivity contribution in [1.82, 2.24) is 9.97 Å². The maximum absolute atomic E-state index is 12.6. The molecule has 0 bridgehead atoms. The first-order chi connectivity index (χ1) is 11.6. The van der Waals surface area contributed by atoms with Crippen LogP contribution in [0.2, 0.25) is 0 Å². The van der Waals surface area contributed by atoms with Crippen LogP contribution in [0.1, 0.15) is 16.8 Å². The molecule has 0 aliphatic heterocycles. The molecule has 122 valence electrons. The molecule has 0 radical (unpaired) electrons. The molecule has 0 aliphatic rings. The van der Waals surface area contributed by atoms with Gasteiger partial charge in [-0.2, -0.15) is 0 Å². The van der Waals surface area contributed by atoms with Crippen molar-refractivity contribution >= 4 is 16.8 Å². The number of hydrogen-bond acceptors (Lipinski definition) is 4. The molecule has 2 aromatic heterocycles. The first-order valence-electron chi connectivity index (χ1n) is 7.43. The van der Waals surface area contributed by atoms with E-state index in [4.69, 9.17) is 10.5 Å². The smallest absolute Gasteiger partial charge is 0.221 e. The summed E-state index contributed by atoms with van der Waals surface area (Å²) in [7, 11) is 0. The predicted octanol–water partition coefficient (Wildman–Crippen LogP) is 2.71. The Labute approximate surface area is 138 Å². The predicted molar refractivity (Wildman–Crippen MR) is 88.0 cm³/mol. The third-order valence-electron chi connectivity index (χ3n) is 3.51. The van der Waals surface area contributed by atoms with Gasteiger partial charge in [0.15, 0.2) is 0 Å². The van der Waals surface area contributed by atoms with Gasteiger partial charge in [0.05, 0.1) is 17.6 Å². The molecule has 3 rings (SSSR count). The van der Waals surface area contributed by atoms with Crippen molar-refractivity contribution in [3.8, 4) is 5.75 Å². The van der Waals surface area contributed by atoms with Gasteiger partial charge in [0.2, 0.25) is 5.91 Å². The fourth-order valence-electron chi connectivity index (χ4n) is 2.39. The zero-order chi connectivity index (χ0) is 16.9. The Bertz CT molecular complexity index is 883. The highest BCUT2D eigenvalue weighted by Gasteiger charge is 2.04. The molecule has 2 heterocycles. The minimum atomic E-state index is -0.596. The summed E-state index contributed by atoms with van der Waals surface area (Å²) in [4.78, 5) is 19.2. The number of hydrogen-bond donors (Lipinski definition) is 1. The number of fused-ring (bicyclic) bond motifs is 1. The monoisotopic (exact) mass is 325 g/mol. The van der Waals surface area contributed by atoms with Gasteiger partial charge >= 0.3 is 0 Å². The summed E-state index contributed by atoms with van der Waals surface area (Å²) in [5.41, 5.74) is 7.97. The fraction of sp³-hybridized carbons (Fsp3) is 0.167. The molecule has 24 heavy (non-hydrogen) atoms. The molecular weight excluding hydrogens is 309 g/mol. The average molecular weight is 325 g/mol. The zero-order valence-corrected chi connectivity index (χ0v) is 12.9. The van der Waals surface area contributed by atoms with Crippen molar-refractivity contribution in [3.05, 3.63) is 65.6 Å². The van der Waals surface area contributed by atoms with E-state index in [1.54, 1.807) is 24.5 Å². The first kappa shape index (κ1) is 15.9. The number of alkyl halides is 1. The minimum Gasteiger partial charge on any atom is -0.489 e. The number of benzene rings is 1. The third kappa shape index (κ3) is 3.84. The Kier molecular flexibility index (Phi) is 4.65. The molecule has 3 aromatic rings. The van der Waals surface area contributed by atoms with Crippen LogP contribution >= 0.6 is 0 Å². The third-order valence-corrected chi connectivity index (χ3v) is 3.51. The highest BCUT2D eigenvalue weighted by molar-refractivity contribution is 5.82. The molecule has 0 saturated carbocycles. The molecule has 0 saturated heterocycles. The normalized spacial score (nSPS) is 10.7. The van der Waals surface area contributed by atoms with Crippen molar-refractivity contribution in [2.75, 3.05) is 0 Å². The topological polar surface area (TPSA) is 78.1 Å². The molecule has 0 aliphatic carbocycles. The zero-order valence-electron chi connectivity index (χ0n) is 12.9. The molecule has 1 amide bonds. The van der Waals surface area contributed by atoms with Crippen LogP contribution in [0, 0.1) is 0 Å². The summed E-state index contributed by atoms with van der Waals surface area (Å²) in [6.07, 6.45) is 3.36. The fourth-order valence-corrected chi connectivity index (χ4v) is 2.39. The van der Waals surface area contributed by atoms with E-state index in [-0.39, 0.29) is 12.3 Å². The SMILES string of the molecule is NC(=O)Cc1cnc2cc(OCc3ccnc(CF)c3)ccc2c1. The molecule has 2 N–H and O–H groups in total. The molecule has 0 spiro atoms. The van der Waals surface area contributed by atoms with Crippen LogP contribution in [0.5, 0.6) is 5.75 Å². The van der Waals surface area contributed by atoms with Crippen LogP contribution in [0.4, 0.5) is 4.39 Å². The first-order valence-corrected chi connectivity index (χ1v) is 7.43. The van der Waals surface area contributed by atoms with E-state index >= 15 is 0 Å². The van der Waals surface area contributed by atoms with Crippen LogP contribution in [-0.4, -0.2) is 15.9 Å². The highest BCUT2D eigenvalue weighted by Crippen LogP contribution is 2.21. The largest absolute Gasteiger partial charge is 0.489 e. The minimum absolute atomic E-state index is 0.167. The van der Waals surface area contributed by atoms with Gasteiger partial charge < -0.3 is 10.5 Å². The van der Waals surface area contributed by atoms with Crippen molar-refractivity contribution in [2.24, 2.45) is 5.73 Å². The summed E-state index contributed by atoms with van der Waals surface area (Å²) in [5.74, 6) is 0.275. The second kappa shape index (κ2) is 7.04. The molecule has 1 aromatic carbocycles. The van der Waals surface area contributed by atoms with Crippen molar-refractivity contribution < 1.29 is 13.9 Å². The second-order valence-corrected chi connectivity index (χ2v) is 5.42. The van der Waals surface area contributed by atoms with Crippen LogP contribution in [0.15, 0.2) is 48.8 Å². The molecule has 0 fully saturated rings. The number of carbonyl (C=O) groups is 1. The lowest BCUT2D eigenvalue weighted by Gasteiger charge is -2.08. The van der Waals surface area contributed by atoms with Crippen molar-refractivity contribution in [1.29, 1.82) is 0 Å². The molecule has 0 unspecified atom stereocenters. The van der Waals surface area contributed by atoms with Gasteiger partial charge in [0, 0.05) is 23.8 Å². The lowest BCUT2D eigenvalue weighted by molar-refractivity contribution is -0.117. The van der Waals surface area contributed by atoms with Crippen LogP contribution in [0.3, 0.4) is 0 Å². The van der Waals surface area contributed by atoms with E-state index in [0.29, 0.717) is 18.1 Å². The summed E-state index contributed by atoms with van der Waals surface area (Å²) >= 11 is 0. The second-order valence-electron chi connectivity index (χ2n) is 5.42. The van der Waals surface area contributed by atoms with Gasteiger partial charge in [-0.3, -0.25) is 14.8 Å². The number of aromatic nitrogens is 2. The maximum Gasteiger partial charge on any atom is 0.221 e. The Morgan fingerprint density at radius 1 is 1.12 bits per heavy atom. The van der Waals surface area contributed by atoms with Crippen LogP contribution in [-0.2, 0) is 24.5 Å². The molecule has 5 nitrogen and oxygen atoms in total. The summed E-state index contributed by atoms with van der Waals surface area (Å²) in [6, 6.07) is 10.9. The molecule has 0 atom stereocenters. The van der Waals surface area contributed by atoms with Crippen molar-refractivity contribution in [3.63, 3.8) is 0 Å². The highest BCUT2D eigenvalue weighted by atomic mass is 19.1. The number of pyridine rings is 2. The number of carbonyl (C=O) groups excluding carboxylic acids is 1. The van der Waals surface area contributed by atoms with E-state index in [1.807, 2.05) is 24.3 Å². The summed E-state index contributed by atoms with van der Waals surface area (Å²) in [5, 5.41) is 0.907. The van der Waals surface area contributed by atoms with Gasteiger partial charge in [-0.15, -0.1) is 0 Å². The number of halogens is 1. The Morgan fingerprint density at radius 3 is 2.79 bits per heavy atom. The number of amides is 1. The number of rotatable bonds is 6. The summed E-state index contributed by atoms with van der Waals surface area (Å²) < 4.78 is 18.3. The van der Waals surface area contributed by atoms with Gasteiger partial charge in [-0.25, -0.2) is 4.39 Å². The lowest BCUT2D eigenvalue weighted by atomic mass is 10.1. The van der Waals surface area contributed by atoms with Gasteiger partial charge in [0.1, 0.15) is 19.0 Å². The Balaban J connectivity index is 1.74. The van der Waals surface area contributed by atoms with E-state index in [0.717, 1.165) is 22.0 Å². The van der Waals surface area contributed by atoms with Crippen molar-refractivity contribution in [2.45, 2.75) is 19.7 Å². The average Bonchev–Trinajstić information content (AvgIpc) is 2.59. The Hall–Kier alpha value is -3.02. The lowest BCUT2D eigenvalue weighted by Crippen LogP contribution is -2.13. The van der Waals surface area contributed by atoms with Crippen LogP contribution < -0.4 is 10.5 Å². The number of nitrogens with zero attached hydrogens (tertiary/aromatic N) is 2. The standard InChI is InChI=1S/C18H16FN3O2/c19-9-15-6-12(3-4-21-15)11-24-16-2-1-14-5-13(7-18(20)23)10-22-17(14)8-16/h1-6,8,10H,7,9,11H2,(H2,20,23). The van der Waals surface area contributed by atoms with Crippen LogP contribution in [0.25, 0.3) is 10.9 Å². The molecular formula is C18H16FN3O2. The van der Waals surface area contributed by atoms with Gasteiger partial charge in [-0.1, -0.05) is 0 Å². The van der Waals surface area contributed by atoms with E-state index in [9.17, 15) is 9.18 Å². The quantitative estimate of drug-likeness (QED) is 0.756. The number of nitrogens with two attached hydrogens (primary N) is 1. The van der Waals surface area contributed by atoms with E-state index in [2.05, 4.69) is 9.97 Å². The summed E-state index contributed by atoms with van der Waals surface area (Å²) in [6.45, 7) is -0.276.